The van der Waals surface area contributed by atoms with E-state index in [1.54, 1.807) is 7.11 Å². The lowest BCUT2D eigenvalue weighted by atomic mass is 9.51. The quantitative estimate of drug-likeness (QED) is 0.705. The van der Waals surface area contributed by atoms with Gasteiger partial charge in [-0.15, -0.1) is 0 Å². The lowest BCUT2D eigenvalue weighted by molar-refractivity contribution is -0.0268. The number of likely N-dealkylation sites (N-methyl/N-ethyl adjacent to an activating group) is 1. The maximum Gasteiger partial charge on any atom is 0.181 e. The Bertz CT molecular complexity index is 1130. The summed E-state index contributed by atoms with van der Waals surface area (Å²) in [6.07, 6.45) is 3.11. The highest BCUT2D eigenvalue weighted by molar-refractivity contribution is 5.98. The van der Waals surface area contributed by atoms with Crippen LogP contribution in [0.5, 0.6) is 11.5 Å². The molecule has 1 fully saturated rings. The number of methoxy groups -OCH3 is 1. The van der Waals surface area contributed by atoms with Crippen molar-refractivity contribution in [2.75, 3.05) is 20.7 Å². The first kappa shape index (κ1) is 19.4. The zero-order valence-electron chi connectivity index (χ0n) is 19.4. The van der Waals surface area contributed by atoms with Gasteiger partial charge >= 0.3 is 0 Å². The number of nitrogens with zero attached hydrogens (tertiary/aromatic N) is 2. The molecule has 1 aromatic carbocycles. The third-order valence-corrected chi connectivity index (χ3v) is 8.84. The Hall–Kier alpha value is -2.27. The molecule has 0 radical (unpaired) electrons. The van der Waals surface area contributed by atoms with Crippen LogP contribution in [0.1, 0.15) is 64.8 Å². The van der Waals surface area contributed by atoms with E-state index in [2.05, 4.69) is 42.6 Å². The zero-order valence-corrected chi connectivity index (χ0v) is 19.4. The van der Waals surface area contributed by atoms with Gasteiger partial charge in [0.25, 0.3) is 0 Å². The number of ether oxygens (including phenoxy) is 2. The molecule has 4 aliphatic rings. The van der Waals surface area contributed by atoms with Crippen molar-refractivity contribution in [3.63, 3.8) is 0 Å². The molecular weight excluding hydrogens is 388 g/mol. The molecule has 2 bridgehead atoms. The second-order valence-corrected chi connectivity index (χ2v) is 10.4. The summed E-state index contributed by atoms with van der Waals surface area (Å²) in [5, 5.41) is 0. The number of carbonyl (C=O) groups is 1. The van der Waals surface area contributed by atoms with Crippen LogP contribution in [-0.2, 0) is 25.3 Å². The molecule has 6 rings (SSSR count). The maximum absolute atomic E-state index is 13.2. The molecule has 0 amide bonds. The Morgan fingerprint density at radius 1 is 1.26 bits per heavy atom. The molecule has 2 aromatic rings. The molecule has 164 valence electrons. The van der Waals surface area contributed by atoms with E-state index in [-0.39, 0.29) is 23.2 Å². The standard InChI is InChI=1S/C26H32N2O3/c1-13(2)23(29)21-14(3)16-12-17-18-11-15-7-8-19(30-6)24-20(15)26(17,9-10-27(18)4)25(31-24)22(16)28(21)5/h7-8,13,17-18,25H,9-12H2,1-6H3. The number of aromatic nitrogens is 1. The van der Waals surface area contributed by atoms with Crippen LogP contribution in [0.2, 0.25) is 0 Å². The van der Waals surface area contributed by atoms with Gasteiger partial charge in [0.2, 0.25) is 0 Å². The summed E-state index contributed by atoms with van der Waals surface area (Å²) >= 11 is 0. The van der Waals surface area contributed by atoms with Crippen molar-refractivity contribution in [1.82, 2.24) is 9.47 Å². The predicted molar refractivity (Wildman–Crippen MR) is 119 cm³/mol. The van der Waals surface area contributed by atoms with Crippen molar-refractivity contribution >= 4 is 5.78 Å². The molecular formula is C26H32N2O3. The summed E-state index contributed by atoms with van der Waals surface area (Å²) in [5.74, 6) is 2.48. The van der Waals surface area contributed by atoms with E-state index in [1.165, 1.54) is 22.4 Å². The molecule has 2 aliphatic carbocycles. The van der Waals surface area contributed by atoms with Crippen LogP contribution >= 0.6 is 0 Å². The Labute approximate surface area is 184 Å². The molecule has 4 unspecified atom stereocenters. The van der Waals surface area contributed by atoms with Crippen molar-refractivity contribution < 1.29 is 14.3 Å². The van der Waals surface area contributed by atoms with Crippen molar-refractivity contribution in [3.8, 4) is 11.5 Å². The number of benzene rings is 1. The van der Waals surface area contributed by atoms with E-state index in [0.29, 0.717) is 12.0 Å². The second kappa shape index (κ2) is 6.16. The van der Waals surface area contributed by atoms with E-state index in [4.69, 9.17) is 9.47 Å². The van der Waals surface area contributed by atoms with Crippen LogP contribution in [0, 0.1) is 18.8 Å². The average molecular weight is 421 g/mol. The number of fused-ring (bicyclic) bond motifs is 2. The summed E-state index contributed by atoms with van der Waals surface area (Å²) in [6.45, 7) is 7.21. The first-order valence-electron chi connectivity index (χ1n) is 11.6. The van der Waals surface area contributed by atoms with Crippen LogP contribution < -0.4 is 9.47 Å². The first-order valence-corrected chi connectivity index (χ1v) is 11.6. The van der Waals surface area contributed by atoms with E-state index in [0.717, 1.165) is 48.6 Å². The molecule has 4 atom stereocenters. The molecule has 3 heterocycles. The van der Waals surface area contributed by atoms with Gasteiger partial charge in [0, 0.05) is 30.0 Å². The topological polar surface area (TPSA) is 43.7 Å². The van der Waals surface area contributed by atoms with Gasteiger partial charge in [-0.05, 0) is 68.5 Å². The van der Waals surface area contributed by atoms with Gasteiger partial charge in [0.15, 0.2) is 17.3 Å². The highest BCUT2D eigenvalue weighted by atomic mass is 16.5. The third kappa shape index (κ3) is 2.13. The van der Waals surface area contributed by atoms with Gasteiger partial charge in [-0.3, -0.25) is 4.79 Å². The Balaban J connectivity index is 1.65. The number of hydrogen-bond acceptors (Lipinski definition) is 4. The van der Waals surface area contributed by atoms with Gasteiger partial charge < -0.3 is 18.9 Å². The fraction of sp³-hybridized carbons (Fsp3) is 0.577. The van der Waals surface area contributed by atoms with Crippen LogP contribution in [-0.4, -0.2) is 42.0 Å². The minimum Gasteiger partial charge on any atom is -0.493 e. The van der Waals surface area contributed by atoms with Crippen molar-refractivity contribution in [1.29, 1.82) is 0 Å². The molecule has 2 aliphatic heterocycles. The van der Waals surface area contributed by atoms with Gasteiger partial charge in [-0.25, -0.2) is 0 Å². The van der Waals surface area contributed by atoms with Crippen LogP contribution in [0.4, 0.5) is 0 Å². The molecule has 0 saturated carbocycles. The van der Waals surface area contributed by atoms with Crippen LogP contribution in [0.15, 0.2) is 12.1 Å². The van der Waals surface area contributed by atoms with E-state index in [1.807, 2.05) is 13.8 Å². The van der Waals surface area contributed by atoms with E-state index in [9.17, 15) is 4.79 Å². The van der Waals surface area contributed by atoms with Gasteiger partial charge in [-0.1, -0.05) is 19.9 Å². The molecule has 5 heteroatoms. The Kier molecular flexibility index (Phi) is 3.86. The molecule has 0 N–H and O–H groups in total. The van der Waals surface area contributed by atoms with Crippen molar-refractivity contribution in [2.24, 2.45) is 18.9 Å². The number of hydrogen-bond donors (Lipinski definition) is 0. The Morgan fingerprint density at radius 2 is 2.03 bits per heavy atom. The second-order valence-electron chi connectivity index (χ2n) is 10.4. The fourth-order valence-electron chi connectivity index (χ4n) is 7.40. The van der Waals surface area contributed by atoms with Crippen molar-refractivity contribution in [2.45, 2.75) is 57.6 Å². The number of rotatable bonds is 3. The lowest BCUT2D eigenvalue weighted by Gasteiger charge is -2.57. The first-order chi connectivity index (χ1) is 14.8. The number of ketones is 1. The summed E-state index contributed by atoms with van der Waals surface area (Å²) in [7, 11) is 6.08. The Morgan fingerprint density at radius 3 is 2.74 bits per heavy atom. The minimum absolute atomic E-state index is 0.0204. The normalized spacial score (nSPS) is 30.1. The molecule has 1 aromatic heterocycles. The monoisotopic (exact) mass is 420 g/mol. The molecule has 31 heavy (non-hydrogen) atoms. The van der Waals surface area contributed by atoms with E-state index < -0.39 is 0 Å². The lowest BCUT2D eigenvalue weighted by Crippen LogP contribution is -2.62. The highest BCUT2D eigenvalue weighted by Crippen LogP contribution is 2.67. The SMILES string of the molecule is COc1ccc2c3c1OC1c4c(c(C)c(C(=O)C(C)C)n4C)CC4C(C2)N(C)CCC314. The smallest absolute Gasteiger partial charge is 0.181 e. The summed E-state index contributed by atoms with van der Waals surface area (Å²) < 4.78 is 14.8. The van der Waals surface area contributed by atoms with Crippen molar-refractivity contribution in [3.05, 3.63) is 45.8 Å². The number of likely N-dealkylation sites (tertiary alicyclic amines) is 1. The number of carbonyl (C=O) groups excluding carboxylic acids is 1. The summed E-state index contributed by atoms with van der Waals surface area (Å²) in [5.41, 5.74) is 7.36. The largest absolute Gasteiger partial charge is 0.493 e. The average Bonchev–Trinajstić information content (AvgIpc) is 3.21. The van der Waals surface area contributed by atoms with Crippen LogP contribution in [0.3, 0.4) is 0 Å². The number of Topliss-reactive ketones (excluding diaryl/α,β-unsaturated/α-hetero) is 1. The van der Waals surface area contributed by atoms with Crippen LogP contribution in [0.25, 0.3) is 0 Å². The molecule has 5 nitrogen and oxygen atoms in total. The molecule has 1 spiro atoms. The van der Waals surface area contributed by atoms with Gasteiger partial charge in [0.1, 0.15) is 6.10 Å². The van der Waals surface area contributed by atoms with Gasteiger partial charge in [0.05, 0.1) is 18.5 Å². The van der Waals surface area contributed by atoms with E-state index >= 15 is 0 Å². The third-order valence-electron chi connectivity index (χ3n) is 8.84. The summed E-state index contributed by atoms with van der Waals surface area (Å²) in [6, 6.07) is 4.83. The highest BCUT2D eigenvalue weighted by Gasteiger charge is 2.65. The summed E-state index contributed by atoms with van der Waals surface area (Å²) in [4.78, 5) is 15.7. The van der Waals surface area contributed by atoms with Gasteiger partial charge in [-0.2, -0.15) is 0 Å². The fourth-order valence-corrected chi connectivity index (χ4v) is 7.40. The minimum atomic E-state index is -0.0554. The maximum atomic E-state index is 13.2. The zero-order chi connectivity index (χ0) is 21.8. The molecule has 1 saturated heterocycles. The number of piperidine rings is 1. The predicted octanol–water partition coefficient (Wildman–Crippen LogP) is 3.98.